The van der Waals surface area contributed by atoms with E-state index in [1.54, 1.807) is 18.2 Å². The van der Waals surface area contributed by atoms with Crippen LogP contribution in [0.3, 0.4) is 0 Å². The molecular weight excluding hydrogens is 372 g/mol. The second-order valence-corrected chi connectivity index (χ2v) is 5.53. The Morgan fingerprint density at radius 3 is 2.43 bits per heavy atom. The number of nitrogens with one attached hydrogen (secondary N) is 2. The van der Waals surface area contributed by atoms with Gasteiger partial charge in [-0.15, -0.1) is 13.2 Å². The lowest BCUT2D eigenvalue weighted by Gasteiger charge is -2.13. The normalized spacial score (nSPS) is 11.0. The molecule has 122 valence electrons. The number of benzene rings is 2. The minimum Gasteiger partial charge on any atom is -0.406 e. The number of ether oxygens (including phenoxy) is 1. The lowest BCUT2D eigenvalue weighted by atomic mass is 10.3. The fraction of sp³-hybridized carbons (Fsp3) is 0.0714. The largest absolute Gasteiger partial charge is 0.573 e. The van der Waals surface area contributed by atoms with Crippen molar-refractivity contribution in [1.29, 1.82) is 0 Å². The molecule has 2 N–H and O–H groups in total. The van der Waals surface area contributed by atoms with Crippen LogP contribution in [-0.2, 0) is 0 Å². The van der Waals surface area contributed by atoms with Gasteiger partial charge in [0.05, 0.1) is 10.7 Å². The van der Waals surface area contributed by atoms with E-state index in [-0.39, 0.29) is 10.9 Å². The lowest BCUT2D eigenvalue weighted by molar-refractivity contribution is -0.274. The van der Waals surface area contributed by atoms with Gasteiger partial charge in [0, 0.05) is 16.8 Å². The van der Waals surface area contributed by atoms with E-state index in [1.807, 2.05) is 0 Å². The summed E-state index contributed by atoms with van der Waals surface area (Å²) in [5.74, 6) is -0.352. The fourth-order valence-corrected chi connectivity index (χ4v) is 2.33. The van der Waals surface area contributed by atoms with Crippen LogP contribution < -0.4 is 15.4 Å². The highest BCUT2D eigenvalue weighted by Gasteiger charge is 2.31. The zero-order valence-corrected chi connectivity index (χ0v) is 13.6. The van der Waals surface area contributed by atoms with Gasteiger partial charge < -0.3 is 15.4 Å². The number of thiocarbonyl (C=S) groups is 1. The Balaban J connectivity index is 2.04. The molecule has 2 rings (SSSR count). The molecule has 0 aliphatic carbocycles. The fourth-order valence-electron chi connectivity index (χ4n) is 1.65. The maximum Gasteiger partial charge on any atom is 0.573 e. The van der Waals surface area contributed by atoms with Crippen LogP contribution in [0.5, 0.6) is 5.75 Å². The van der Waals surface area contributed by atoms with Crippen LogP contribution in [0.4, 0.5) is 24.5 Å². The highest BCUT2D eigenvalue weighted by molar-refractivity contribution is 7.80. The third-order valence-electron chi connectivity index (χ3n) is 2.50. The van der Waals surface area contributed by atoms with Crippen molar-refractivity contribution in [3.8, 4) is 5.75 Å². The molecule has 3 nitrogen and oxygen atoms in total. The first kappa shape index (κ1) is 17.7. The summed E-state index contributed by atoms with van der Waals surface area (Å²) in [7, 11) is 0. The topological polar surface area (TPSA) is 33.3 Å². The predicted octanol–water partition coefficient (Wildman–Crippen LogP) is 5.70. The molecule has 9 heteroatoms. The smallest absolute Gasteiger partial charge is 0.406 e. The standard InChI is InChI=1S/C14H9Cl2F3N2OS/c15-8-4-5-12(11(16)6-8)21-13(23)20-9-2-1-3-10(7-9)22-14(17,18)19/h1-7H,(H2,20,21,23). The summed E-state index contributed by atoms with van der Waals surface area (Å²) in [5, 5.41) is 6.54. The molecule has 0 amide bonds. The van der Waals surface area contributed by atoms with E-state index in [0.717, 1.165) is 0 Å². The van der Waals surface area contributed by atoms with E-state index in [2.05, 4.69) is 15.4 Å². The van der Waals surface area contributed by atoms with Gasteiger partial charge in [-0.1, -0.05) is 29.3 Å². The Labute approximate surface area is 145 Å². The Bertz CT molecular complexity index is 725. The van der Waals surface area contributed by atoms with E-state index in [1.165, 1.54) is 24.3 Å². The van der Waals surface area contributed by atoms with Gasteiger partial charge in [0.25, 0.3) is 0 Å². The Morgan fingerprint density at radius 2 is 1.78 bits per heavy atom. The third kappa shape index (κ3) is 5.78. The van der Waals surface area contributed by atoms with E-state index in [9.17, 15) is 13.2 Å². The zero-order chi connectivity index (χ0) is 17.0. The van der Waals surface area contributed by atoms with Crippen LogP contribution >= 0.6 is 35.4 Å². The molecule has 0 aliphatic rings. The molecule has 0 radical (unpaired) electrons. The molecule has 0 saturated heterocycles. The molecule has 0 aliphatic heterocycles. The quantitative estimate of drug-likeness (QED) is 0.669. The van der Waals surface area contributed by atoms with Crippen LogP contribution in [0.1, 0.15) is 0 Å². The predicted molar refractivity (Wildman–Crippen MR) is 89.4 cm³/mol. The van der Waals surface area contributed by atoms with Crippen molar-refractivity contribution >= 4 is 51.9 Å². The summed E-state index contributed by atoms with van der Waals surface area (Å²) >= 11 is 16.9. The highest BCUT2D eigenvalue weighted by atomic mass is 35.5. The van der Waals surface area contributed by atoms with E-state index in [4.69, 9.17) is 35.4 Å². The minimum atomic E-state index is -4.76. The van der Waals surface area contributed by atoms with Crippen molar-refractivity contribution in [2.75, 3.05) is 10.6 Å². The van der Waals surface area contributed by atoms with Crippen molar-refractivity contribution in [2.45, 2.75) is 6.36 Å². The Morgan fingerprint density at radius 1 is 1.04 bits per heavy atom. The van der Waals surface area contributed by atoms with Crippen LogP contribution in [0.25, 0.3) is 0 Å². The first-order chi connectivity index (χ1) is 10.7. The monoisotopic (exact) mass is 380 g/mol. The molecule has 0 saturated carbocycles. The van der Waals surface area contributed by atoms with Crippen molar-refractivity contribution < 1.29 is 17.9 Å². The zero-order valence-electron chi connectivity index (χ0n) is 11.2. The van der Waals surface area contributed by atoms with E-state index >= 15 is 0 Å². The van der Waals surface area contributed by atoms with Gasteiger partial charge in [-0.05, 0) is 42.5 Å². The van der Waals surface area contributed by atoms with Crippen LogP contribution in [0.15, 0.2) is 42.5 Å². The molecule has 0 heterocycles. The second-order valence-electron chi connectivity index (χ2n) is 4.28. The van der Waals surface area contributed by atoms with Gasteiger partial charge in [0.2, 0.25) is 0 Å². The number of hydrogen-bond donors (Lipinski definition) is 2. The maximum atomic E-state index is 12.2. The average molecular weight is 381 g/mol. The van der Waals surface area contributed by atoms with Crippen LogP contribution in [0.2, 0.25) is 10.0 Å². The highest BCUT2D eigenvalue weighted by Crippen LogP contribution is 2.27. The number of halogens is 5. The Hall–Kier alpha value is -1.70. The van der Waals surface area contributed by atoms with Gasteiger partial charge in [-0.3, -0.25) is 0 Å². The molecule has 2 aromatic rings. The molecule has 0 bridgehead atoms. The first-order valence-corrected chi connectivity index (χ1v) is 7.28. The minimum absolute atomic E-state index is 0.151. The number of alkyl halides is 3. The summed E-state index contributed by atoms with van der Waals surface area (Å²) in [6.45, 7) is 0. The second kappa shape index (κ2) is 7.25. The van der Waals surface area contributed by atoms with Gasteiger partial charge >= 0.3 is 6.36 Å². The summed E-state index contributed by atoms with van der Waals surface area (Å²) in [6, 6.07) is 10.1. The molecule has 0 unspecified atom stereocenters. The number of hydrogen-bond acceptors (Lipinski definition) is 2. The molecule has 0 fully saturated rings. The van der Waals surface area contributed by atoms with Gasteiger partial charge in [-0.2, -0.15) is 0 Å². The van der Waals surface area contributed by atoms with Gasteiger partial charge in [0.15, 0.2) is 5.11 Å². The summed E-state index contributed by atoms with van der Waals surface area (Å²) < 4.78 is 40.4. The SMILES string of the molecule is FC(F)(F)Oc1cccc(NC(=S)Nc2ccc(Cl)cc2Cl)c1. The summed E-state index contributed by atoms with van der Waals surface area (Å²) in [4.78, 5) is 0. The number of rotatable bonds is 3. The summed E-state index contributed by atoms with van der Waals surface area (Å²) in [5.41, 5.74) is 0.839. The molecule has 2 aromatic carbocycles. The average Bonchev–Trinajstić information content (AvgIpc) is 2.40. The van der Waals surface area contributed by atoms with E-state index in [0.29, 0.717) is 21.4 Å². The van der Waals surface area contributed by atoms with Crippen LogP contribution in [0, 0.1) is 0 Å². The van der Waals surface area contributed by atoms with Crippen LogP contribution in [-0.4, -0.2) is 11.5 Å². The molecular formula is C14H9Cl2F3N2OS. The Kier molecular flexibility index (Phi) is 5.56. The van der Waals surface area contributed by atoms with E-state index < -0.39 is 6.36 Å². The van der Waals surface area contributed by atoms with Crippen molar-refractivity contribution in [2.24, 2.45) is 0 Å². The van der Waals surface area contributed by atoms with Crippen molar-refractivity contribution in [3.63, 3.8) is 0 Å². The van der Waals surface area contributed by atoms with Crippen molar-refractivity contribution in [3.05, 3.63) is 52.5 Å². The third-order valence-corrected chi connectivity index (χ3v) is 3.26. The molecule has 0 atom stereocenters. The molecule has 0 spiro atoms. The summed E-state index contributed by atoms with van der Waals surface area (Å²) in [6.07, 6.45) is -4.76. The lowest BCUT2D eigenvalue weighted by Crippen LogP contribution is -2.20. The van der Waals surface area contributed by atoms with Gasteiger partial charge in [-0.25, -0.2) is 0 Å². The van der Waals surface area contributed by atoms with Gasteiger partial charge in [0.1, 0.15) is 5.75 Å². The molecule has 23 heavy (non-hydrogen) atoms. The molecule has 0 aromatic heterocycles. The van der Waals surface area contributed by atoms with Crippen molar-refractivity contribution in [1.82, 2.24) is 0 Å². The number of anilines is 2. The maximum absolute atomic E-state index is 12.2. The first-order valence-electron chi connectivity index (χ1n) is 6.12.